The van der Waals surface area contributed by atoms with E-state index < -0.39 is 12.1 Å². The molecule has 0 spiro atoms. The first-order valence-electron chi connectivity index (χ1n) is 13.5. The van der Waals surface area contributed by atoms with E-state index in [1.807, 2.05) is 6.07 Å². The Bertz CT molecular complexity index is 1110. The molecule has 1 aromatic heterocycles. The van der Waals surface area contributed by atoms with Crippen molar-refractivity contribution in [3.05, 3.63) is 52.7 Å². The van der Waals surface area contributed by atoms with E-state index in [0.717, 1.165) is 31.4 Å². The molecule has 1 aliphatic rings. The number of nitrogens with zero attached hydrogens (tertiary/aromatic N) is 4. The van der Waals surface area contributed by atoms with Gasteiger partial charge in [0.2, 0.25) is 0 Å². The number of hydrogen-bond donors (Lipinski definition) is 1. The van der Waals surface area contributed by atoms with Gasteiger partial charge in [0.15, 0.2) is 0 Å². The van der Waals surface area contributed by atoms with E-state index in [4.69, 9.17) is 21.4 Å². The van der Waals surface area contributed by atoms with E-state index in [0.29, 0.717) is 11.3 Å². The number of benzene rings is 1. The lowest BCUT2D eigenvalue weighted by atomic mass is 9.92. The highest BCUT2D eigenvalue weighted by Gasteiger charge is 2.40. The van der Waals surface area contributed by atoms with Crippen molar-refractivity contribution in [2.45, 2.75) is 37.8 Å². The van der Waals surface area contributed by atoms with Crippen LogP contribution in [0.15, 0.2) is 36.4 Å². The topological polar surface area (TPSA) is 86.2 Å². The molecule has 0 bridgehead atoms. The fraction of sp³-hybridized carbons (Fsp3) is 0.552. The summed E-state index contributed by atoms with van der Waals surface area (Å²) in [4.78, 5) is 33.1. The molecule has 3 rings (SSSR count). The SMILES string of the molecule is CN(C)CCCC1CCN(c2ccc(C(=O)N(C)CCO)c(Cl)n2)CC1.COc1cccc(C(C=O)C(F)(F)F)c1. The Balaban J connectivity index is 0.000000333. The standard InChI is InChI=1S/C19H31ClN4O2.C10H9F3O2/c1-22(2)10-4-5-15-8-11-24(12-9-15)17-7-6-16(18(20)21-17)19(26)23(3)13-14-25;1-15-8-4-2-3-7(5-8)9(6-14)10(11,12)13/h6-7,15,25H,4-5,8-14H2,1-3H3;2-6,9H,1H3. The number of aliphatic hydroxyl groups excluding tert-OH is 1. The van der Waals surface area contributed by atoms with Gasteiger partial charge < -0.3 is 29.3 Å². The number of ether oxygens (including phenoxy) is 1. The van der Waals surface area contributed by atoms with Gasteiger partial charge >= 0.3 is 6.18 Å². The van der Waals surface area contributed by atoms with Gasteiger partial charge in [-0.05, 0) is 82.1 Å². The summed E-state index contributed by atoms with van der Waals surface area (Å²) >= 11 is 6.26. The molecule has 0 saturated carbocycles. The van der Waals surface area contributed by atoms with Crippen molar-refractivity contribution in [2.24, 2.45) is 5.92 Å². The molecule has 2 aromatic rings. The summed E-state index contributed by atoms with van der Waals surface area (Å²) in [5, 5.41) is 9.19. The molecule has 1 amide bonds. The lowest BCUT2D eigenvalue weighted by Gasteiger charge is -2.33. The minimum absolute atomic E-state index is 0.0745. The molecule has 8 nitrogen and oxygen atoms in total. The highest BCUT2D eigenvalue weighted by molar-refractivity contribution is 6.32. The van der Waals surface area contributed by atoms with Crippen LogP contribution < -0.4 is 9.64 Å². The van der Waals surface area contributed by atoms with Gasteiger partial charge in [0.05, 0.1) is 19.3 Å². The molecule has 1 aliphatic heterocycles. The van der Waals surface area contributed by atoms with Crippen molar-refractivity contribution in [1.82, 2.24) is 14.8 Å². The van der Waals surface area contributed by atoms with Crippen LogP contribution in [0.3, 0.4) is 0 Å². The molecule has 0 radical (unpaired) electrons. The maximum Gasteiger partial charge on any atom is 0.402 e. The quantitative estimate of drug-likeness (QED) is 0.290. The zero-order valence-corrected chi connectivity index (χ0v) is 24.8. The molecule has 1 atom stereocenters. The average molecular weight is 601 g/mol. The van der Waals surface area contributed by atoms with Gasteiger partial charge in [-0.3, -0.25) is 4.79 Å². The molecular formula is C29H40ClF3N4O4. The van der Waals surface area contributed by atoms with Gasteiger partial charge in [-0.2, -0.15) is 13.2 Å². The van der Waals surface area contributed by atoms with Gasteiger partial charge in [0.1, 0.15) is 28.9 Å². The summed E-state index contributed by atoms with van der Waals surface area (Å²) in [6.07, 6.45) is 0.201. The van der Waals surface area contributed by atoms with Gasteiger partial charge in [-0.1, -0.05) is 23.7 Å². The van der Waals surface area contributed by atoms with Crippen molar-refractivity contribution < 1.29 is 32.6 Å². The van der Waals surface area contributed by atoms with Crippen molar-refractivity contribution in [3.8, 4) is 5.75 Å². The smallest absolute Gasteiger partial charge is 0.402 e. The Hall–Kier alpha value is -2.89. The fourth-order valence-corrected chi connectivity index (χ4v) is 4.77. The summed E-state index contributed by atoms with van der Waals surface area (Å²) in [6.45, 7) is 3.31. The Morgan fingerprint density at radius 3 is 2.41 bits per heavy atom. The highest BCUT2D eigenvalue weighted by atomic mass is 35.5. The number of carbonyl (C=O) groups is 2. The Morgan fingerprint density at radius 2 is 1.88 bits per heavy atom. The number of amides is 1. The number of anilines is 1. The number of rotatable bonds is 11. The number of carbonyl (C=O) groups excluding carboxylic acids is 2. The molecule has 1 aromatic carbocycles. The third-order valence-electron chi connectivity index (χ3n) is 6.94. The number of likely N-dealkylation sites (N-methyl/N-ethyl adjacent to an activating group) is 1. The van der Waals surface area contributed by atoms with E-state index in [2.05, 4.69) is 28.9 Å². The third kappa shape index (κ3) is 10.8. The summed E-state index contributed by atoms with van der Waals surface area (Å²) < 4.78 is 41.9. The summed E-state index contributed by atoms with van der Waals surface area (Å²) in [5.74, 6) is -0.392. The second-order valence-corrected chi connectivity index (χ2v) is 10.6. The molecule has 1 fully saturated rings. The number of halogens is 4. The maximum absolute atomic E-state index is 12.4. The monoisotopic (exact) mass is 600 g/mol. The van der Waals surface area contributed by atoms with Crippen LogP contribution in [0.25, 0.3) is 0 Å². The van der Waals surface area contributed by atoms with Crippen molar-refractivity contribution in [2.75, 3.05) is 65.9 Å². The highest BCUT2D eigenvalue weighted by Crippen LogP contribution is 2.34. The van der Waals surface area contributed by atoms with Crippen LogP contribution in [-0.2, 0) is 4.79 Å². The lowest BCUT2D eigenvalue weighted by Crippen LogP contribution is -2.34. The van der Waals surface area contributed by atoms with Crippen LogP contribution in [0.2, 0.25) is 5.15 Å². The predicted molar refractivity (Wildman–Crippen MR) is 154 cm³/mol. The molecule has 12 heteroatoms. The first-order chi connectivity index (χ1) is 19.4. The van der Waals surface area contributed by atoms with Gasteiger partial charge in [0, 0.05) is 26.7 Å². The zero-order valence-electron chi connectivity index (χ0n) is 24.0. The van der Waals surface area contributed by atoms with Gasteiger partial charge in [-0.15, -0.1) is 0 Å². The molecular weight excluding hydrogens is 561 g/mol. The number of methoxy groups -OCH3 is 1. The number of piperidine rings is 1. The van der Waals surface area contributed by atoms with E-state index in [9.17, 15) is 22.8 Å². The zero-order chi connectivity index (χ0) is 30.6. The molecule has 1 saturated heterocycles. The fourth-order valence-electron chi connectivity index (χ4n) is 4.54. The van der Waals surface area contributed by atoms with E-state index in [-0.39, 0.29) is 36.1 Å². The molecule has 0 aliphatic carbocycles. The van der Waals surface area contributed by atoms with E-state index >= 15 is 0 Å². The Labute approximate surface area is 245 Å². The normalized spacial score (nSPS) is 14.7. The number of pyridine rings is 1. The first-order valence-corrected chi connectivity index (χ1v) is 13.9. The molecule has 41 heavy (non-hydrogen) atoms. The first kappa shape index (κ1) is 34.3. The number of alkyl halides is 3. The van der Waals surface area contributed by atoms with Crippen molar-refractivity contribution in [1.29, 1.82) is 0 Å². The van der Waals surface area contributed by atoms with E-state index in [1.54, 1.807) is 13.1 Å². The van der Waals surface area contributed by atoms with Crippen LogP contribution in [0.5, 0.6) is 5.75 Å². The van der Waals surface area contributed by atoms with Gasteiger partial charge in [-0.25, -0.2) is 4.98 Å². The molecule has 2 heterocycles. The minimum atomic E-state index is -4.56. The second kappa shape index (κ2) is 16.5. The molecule has 1 N–H and O–H groups in total. The average Bonchev–Trinajstić information content (AvgIpc) is 2.93. The third-order valence-corrected chi connectivity index (χ3v) is 7.23. The molecule has 1 unspecified atom stereocenters. The number of aldehydes is 1. The van der Waals surface area contributed by atoms with Crippen molar-refractivity contribution >= 4 is 29.6 Å². The van der Waals surface area contributed by atoms with Crippen LogP contribution in [0.1, 0.15) is 47.5 Å². The number of aliphatic hydroxyl groups is 1. The van der Waals surface area contributed by atoms with Crippen LogP contribution in [0, 0.1) is 5.92 Å². The Morgan fingerprint density at radius 1 is 1.20 bits per heavy atom. The van der Waals surface area contributed by atoms with Crippen molar-refractivity contribution in [3.63, 3.8) is 0 Å². The minimum Gasteiger partial charge on any atom is -0.497 e. The second-order valence-electron chi connectivity index (χ2n) is 10.3. The summed E-state index contributed by atoms with van der Waals surface area (Å²) in [7, 11) is 7.23. The van der Waals surface area contributed by atoms with Crippen LogP contribution in [0.4, 0.5) is 19.0 Å². The Kier molecular flexibility index (Phi) is 13.8. The largest absolute Gasteiger partial charge is 0.497 e. The predicted octanol–water partition coefficient (Wildman–Crippen LogP) is 4.90. The number of hydrogen-bond acceptors (Lipinski definition) is 7. The van der Waals surface area contributed by atoms with Gasteiger partial charge in [0.25, 0.3) is 5.91 Å². The number of aromatic nitrogens is 1. The van der Waals surface area contributed by atoms with E-state index in [1.165, 1.54) is 62.0 Å². The van der Waals surface area contributed by atoms with Crippen LogP contribution >= 0.6 is 11.6 Å². The van der Waals surface area contributed by atoms with Crippen LogP contribution in [-0.4, -0.2) is 99.3 Å². The summed E-state index contributed by atoms with van der Waals surface area (Å²) in [6, 6.07) is 8.99. The summed E-state index contributed by atoms with van der Waals surface area (Å²) in [5.41, 5.74) is 0.266. The molecule has 228 valence electrons. The lowest BCUT2D eigenvalue weighted by molar-refractivity contribution is -0.155. The maximum atomic E-state index is 12.4.